The molecule has 0 aliphatic carbocycles. The van der Waals surface area contributed by atoms with Crippen LogP contribution in [0.15, 0.2) is 12.1 Å². The fraction of sp³-hybridized carbons (Fsp3) is 0.385. The lowest BCUT2D eigenvalue weighted by atomic mass is 10.1. The molecule has 0 fully saturated rings. The summed E-state index contributed by atoms with van der Waals surface area (Å²) in [5.74, 6) is -3.31. The van der Waals surface area contributed by atoms with Gasteiger partial charge in [-0.05, 0) is 12.8 Å². The summed E-state index contributed by atoms with van der Waals surface area (Å²) < 4.78 is 41.5. The van der Waals surface area contributed by atoms with Crippen molar-refractivity contribution in [3.05, 3.63) is 41.0 Å². The van der Waals surface area contributed by atoms with Gasteiger partial charge in [0.1, 0.15) is 17.2 Å². The van der Waals surface area contributed by atoms with Crippen molar-refractivity contribution in [1.29, 1.82) is 0 Å². The molecule has 0 saturated heterocycles. The maximum absolute atomic E-state index is 13.8. The van der Waals surface area contributed by atoms with Crippen LogP contribution < -0.4 is 5.73 Å². The molecule has 0 aliphatic heterocycles. The van der Waals surface area contributed by atoms with E-state index in [1.54, 1.807) is 0 Å². The van der Waals surface area contributed by atoms with E-state index in [1.165, 1.54) is 0 Å². The van der Waals surface area contributed by atoms with Gasteiger partial charge < -0.3 is 5.73 Å². The molecule has 2 aromatic rings. The third-order valence-corrected chi connectivity index (χ3v) is 3.12. The summed E-state index contributed by atoms with van der Waals surface area (Å²) in [5, 5.41) is 7.69. The normalized spacial score (nSPS) is 12.7. The zero-order chi connectivity index (χ0) is 14.9. The Morgan fingerprint density at radius 2 is 1.95 bits per heavy atom. The first-order valence-corrected chi connectivity index (χ1v) is 6.34. The number of hydrogen-bond acceptors (Lipinski definition) is 3. The lowest BCUT2D eigenvalue weighted by Crippen LogP contribution is -2.13. The van der Waals surface area contributed by atoms with Crippen molar-refractivity contribution in [3.63, 3.8) is 0 Å². The summed E-state index contributed by atoms with van der Waals surface area (Å²) in [6.45, 7) is 3.69. The van der Waals surface area contributed by atoms with Gasteiger partial charge >= 0.3 is 0 Å². The molecule has 0 amide bonds. The van der Waals surface area contributed by atoms with Crippen molar-refractivity contribution in [2.75, 3.05) is 0 Å². The molecule has 0 aliphatic rings. The summed E-state index contributed by atoms with van der Waals surface area (Å²) >= 11 is 0. The fourth-order valence-electron chi connectivity index (χ4n) is 2.02. The first-order valence-electron chi connectivity index (χ1n) is 6.34. The SMILES string of the molecule is CCc1c(C(N)CC)nnn1-c1cc(F)cc(F)c1F. The largest absolute Gasteiger partial charge is 0.323 e. The molecular weight excluding hydrogens is 269 g/mol. The lowest BCUT2D eigenvalue weighted by molar-refractivity contribution is 0.485. The Morgan fingerprint density at radius 3 is 2.55 bits per heavy atom. The van der Waals surface area contributed by atoms with Crippen LogP contribution in [-0.4, -0.2) is 15.0 Å². The molecule has 2 rings (SSSR count). The molecule has 108 valence electrons. The van der Waals surface area contributed by atoms with Crippen molar-refractivity contribution in [1.82, 2.24) is 15.0 Å². The van der Waals surface area contributed by atoms with Crippen LogP contribution in [0.5, 0.6) is 0 Å². The molecule has 1 atom stereocenters. The van der Waals surface area contributed by atoms with Crippen molar-refractivity contribution < 1.29 is 13.2 Å². The summed E-state index contributed by atoms with van der Waals surface area (Å²) in [5.41, 5.74) is 6.66. The maximum Gasteiger partial charge on any atom is 0.184 e. The quantitative estimate of drug-likeness (QED) is 0.878. The van der Waals surface area contributed by atoms with E-state index in [4.69, 9.17) is 5.73 Å². The van der Waals surface area contributed by atoms with Crippen LogP contribution in [0.1, 0.15) is 37.7 Å². The van der Waals surface area contributed by atoms with Crippen LogP contribution in [0, 0.1) is 17.5 Å². The van der Waals surface area contributed by atoms with Crippen molar-refractivity contribution in [3.8, 4) is 5.69 Å². The van der Waals surface area contributed by atoms with Gasteiger partial charge in [-0.3, -0.25) is 0 Å². The molecule has 1 unspecified atom stereocenters. The summed E-state index contributed by atoms with van der Waals surface area (Å²) in [6.07, 6.45) is 1.10. The van der Waals surface area contributed by atoms with Crippen LogP contribution >= 0.6 is 0 Å². The zero-order valence-electron chi connectivity index (χ0n) is 11.2. The lowest BCUT2D eigenvalue weighted by Gasteiger charge is -2.10. The first-order chi connectivity index (χ1) is 9.49. The third kappa shape index (κ3) is 2.40. The predicted molar refractivity (Wildman–Crippen MR) is 67.8 cm³/mol. The van der Waals surface area contributed by atoms with Crippen molar-refractivity contribution in [2.45, 2.75) is 32.7 Å². The molecule has 7 heteroatoms. The first kappa shape index (κ1) is 14.5. The van der Waals surface area contributed by atoms with Gasteiger partial charge in [0.05, 0.1) is 11.7 Å². The Morgan fingerprint density at radius 1 is 1.25 bits per heavy atom. The Hall–Kier alpha value is -1.89. The van der Waals surface area contributed by atoms with Crippen LogP contribution in [0.4, 0.5) is 13.2 Å². The van der Waals surface area contributed by atoms with Gasteiger partial charge in [-0.1, -0.05) is 19.1 Å². The van der Waals surface area contributed by atoms with Crippen LogP contribution in [0.25, 0.3) is 5.69 Å². The zero-order valence-corrected chi connectivity index (χ0v) is 11.2. The standard InChI is InChI=1S/C13H15F3N4/c1-3-9(17)13-10(4-2)20(19-18-13)11-6-7(14)5-8(15)12(11)16/h5-6,9H,3-4,17H2,1-2H3. The number of benzene rings is 1. The molecule has 1 aromatic heterocycles. The van der Waals surface area contributed by atoms with E-state index in [1.807, 2.05) is 13.8 Å². The fourth-order valence-corrected chi connectivity index (χ4v) is 2.02. The van der Waals surface area contributed by atoms with E-state index in [9.17, 15) is 13.2 Å². The number of halogens is 3. The Labute approximate surface area is 114 Å². The molecule has 0 radical (unpaired) electrons. The number of rotatable bonds is 4. The van der Waals surface area contributed by atoms with E-state index in [0.29, 0.717) is 30.3 Å². The second kappa shape index (κ2) is 5.62. The average Bonchev–Trinajstić information content (AvgIpc) is 2.85. The number of nitrogens with zero attached hydrogens (tertiary/aromatic N) is 3. The molecule has 1 aromatic carbocycles. The molecule has 20 heavy (non-hydrogen) atoms. The average molecular weight is 284 g/mol. The molecule has 1 heterocycles. The number of aromatic nitrogens is 3. The van der Waals surface area contributed by atoms with Gasteiger partial charge in [-0.2, -0.15) is 0 Å². The van der Waals surface area contributed by atoms with Crippen LogP contribution in [0.3, 0.4) is 0 Å². The van der Waals surface area contributed by atoms with Crippen molar-refractivity contribution in [2.24, 2.45) is 5.73 Å². The summed E-state index contributed by atoms with van der Waals surface area (Å²) in [4.78, 5) is 0. The predicted octanol–water partition coefficient (Wildman–Crippen LogP) is 2.66. The monoisotopic (exact) mass is 284 g/mol. The van der Waals surface area contributed by atoms with Gasteiger partial charge in [-0.25, -0.2) is 17.9 Å². The van der Waals surface area contributed by atoms with Gasteiger partial charge in [0.15, 0.2) is 11.6 Å². The number of nitrogens with two attached hydrogens (primary N) is 1. The van der Waals surface area contributed by atoms with E-state index in [0.717, 1.165) is 10.7 Å². The molecular formula is C13H15F3N4. The molecule has 0 spiro atoms. The Kier molecular flexibility index (Phi) is 4.08. The highest BCUT2D eigenvalue weighted by molar-refractivity contribution is 5.37. The molecule has 4 nitrogen and oxygen atoms in total. The topological polar surface area (TPSA) is 56.7 Å². The highest BCUT2D eigenvalue weighted by Crippen LogP contribution is 2.23. The van der Waals surface area contributed by atoms with E-state index < -0.39 is 17.5 Å². The second-order valence-corrected chi connectivity index (χ2v) is 4.42. The molecule has 0 bridgehead atoms. The minimum atomic E-state index is -1.26. The van der Waals surface area contributed by atoms with Gasteiger partial charge in [0.2, 0.25) is 0 Å². The second-order valence-electron chi connectivity index (χ2n) is 4.42. The minimum Gasteiger partial charge on any atom is -0.323 e. The number of hydrogen-bond donors (Lipinski definition) is 1. The van der Waals surface area contributed by atoms with E-state index >= 15 is 0 Å². The van der Waals surface area contributed by atoms with Crippen LogP contribution in [-0.2, 0) is 6.42 Å². The minimum absolute atomic E-state index is 0.304. The van der Waals surface area contributed by atoms with E-state index in [-0.39, 0.29) is 11.7 Å². The Balaban J connectivity index is 2.62. The smallest absolute Gasteiger partial charge is 0.184 e. The molecule has 2 N–H and O–H groups in total. The highest BCUT2D eigenvalue weighted by atomic mass is 19.2. The maximum atomic E-state index is 13.8. The summed E-state index contributed by atoms with van der Waals surface area (Å²) in [7, 11) is 0. The molecule has 0 saturated carbocycles. The Bertz CT molecular complexity index is 624. The van der Waals surface area contributed by atoms with Gasteiger partial charge in [0.25, 0.3) is 0 Å². The van der Waals surface area contributed by atoms with E-state index in [2.05, 4.69) is 10.3 Å². The van der Waals surface area contributed by atoms with Gasteiger partial charge in [-0.15, -0.1) is 5.10 Å². The van der Waals surface area contributed by atoms with Crippen LogP contribution in [0.2, 0.25) is 0 Å². The third-order valence-electron chi connectivity index (χ3n) is 3.12. The van der Waals surface area contributed by atoms with Crippen molar-refractivity contribution >= 4 is 0 Å². The highest BCUT2D eigenvalue weighted by Gasteiger charge is 2.21. The van der Waals surface area contributed by atoms with Gasteiger partial charge in [0, 0.05) is 12.1 Å². The summed E-state index contributed by atoms with van der Waals surface area (Å²) in [6, 6.07) is 1.02.